The van der Waals surface area contributed by atoms with Crippen LogP contribution < -0.4 is 5.32 Å². The minimum absolute atomic E-state index is 0.0418. The molecule has 156 valence electrons. The summed E-state index contributed by atoms with van der Waals surface area (Å²) in [5, 5.41) is 14.6. The molecule has 0 radical (unpaired) electrons. The van der Waals surface area contributed by atoms with E-state index in [0.29, 0.717) is 18.5 Å². The molecule has 3 aromatic rings. The van der Waals surface area contributed by atoms with Gasteiger partial charge in [-0.3, -0.25) is 4.79 Å². The summed E-state index contributed by atoms with van der Waals surface area (Å²) in [5.41, 5.74) is 1.34. The molecule has 1 aromatic carbocycles. The highest BCUT2D eigenvalue weighted by Gasteiger charge is 2.22. The fourth-order valence-electron chi connectivity index (χ4n) is 2.68. The highest BCUT2D eigenvalue weighted by Crippen LogP contribution is 2.29. The highest BCUT2D eigenvalue weighted by molar-refractivity contribution is 7.89. The van der Waals surface area contributed by atoms with Crippen molar-refractivity contribution in [3.05, 3.63) is 57.2 Å². The first-order valence-corrected chi connectivity index (χ1v) is 12.2. The molecule has 0 spiro atoms. The van der Waals surface area contributed by atoms with Gasteiger partial charge in [0.2, 0.25) is 15.9 Å². The third-order valence-electron chi connectivity index (χ3n) is 4.28. The van der Waals surface area contributed by atoms with Gasteiger partial charge in [-0.1, -0.05) is 0 Å². The first-order chi connectivity index (χ1) is 14.3. The number of hydrogen-bond acceptors (Lipinski definition) is 7. The molecule has 0 saturated heterocycles. The van der Waals surface area contributed by atoms with E-state index >= 15 is 0 Å². The normalized spacial score (nSPS) is 11.4. The molecule has 2 heterocycles. The second-order valence-corrected chi connectivity index (χ2v) is 10.8. The molecule has 2 aromatic heterocycles. The van der Waals surface area contributed by atoms with E-state index in [4.69, 9.17) is 5.26 Å². The van der Waals surface area contributed by atoms with Crippen molar-refractivity contribution in [2.45, 2.75) is 18.2 Å². The summed E-state index contributed by atoms with van der Waals surface area (Å²) in [5.74, 6) is -0.373. The largest absolute Gasteiger partial charge is 0.355 e. The second-order valence-electron chi connectivity index (χ2n) is 6.51. The van der Waals surface area contributed by atoms with E-state index in [1.54, 1.807) is 22.7 Å². The number of nitrogens with zero attached hydrogens (tertiary/aromatic N) is 3. The summed E-state index contributed by atoms with van der Waals surface area (Å²) >= 11 is 3.24. The van der Waals surface area contributed by atoms with Crippen molar-refractivity contribution in [3.8, 4) is 16.6 Å². The molecular formula is C20H20N4O3S3. The number of carbonyl (C=O) groups excluding carboxylic acids is 1. The number of thiazole rings is 1. The Bertz CT molecular complexity index is 1170. The molecule has 0 fully saturated rings. The molecule has 30 heavy (non-hydrogen) atoms. The predicted molar refractivity (Wildman–Crippen MR) is 118 cm³/mol. The molecule has 0 aliphatic rings. The number of rotatable bonds is 8. The number of hydrogen-bond donors (Lipinski definition) is 1. The molecular weight excluding hydrogens is 440 g/mol. The number of sulfonamides is 1. The van der Waals surface area contributed by atoms with Crippen LogP contribution in [0.5, 0.6) is 0 Å². The lowest BCUT2D eigenvalue weighted by molar-refractivity contribution is -0.121. The molecule has 10 heteroatoms. The quantitative estimate of drug-likeness (QED) is 0.557. The number of thiophene rings is 1. The minimum atomic E-state index is -3.80. The van der Waals surface area contributed by atoms with Crippen LogP contribution in [-0.4, -0.2) is 43.8 Å². The van der Waals surface area contributed by atoms with Crippen molar-refractivity contribution in [1.82, 2.24) is 14.6 Å². The Morgan fingerprint density at radius 2 is 1.97 bits per heavy atom. The number of aromatic nitrogens is 1. The van der Waals surface area contributed by atoms with Crippen LogP contribution in [0, 0.1) is 18.3 Å². The first-order valence-electron chi connectivity index (χ1n) is 9.04. The van der Waals surface area contributed by atoms with Gasteiger partial charge in [0, 0.05) is 23.8 Å². The number of aryl methyl sites for hydroxylation is 1. The summed E-state index contributed by atoms with van der Waals surface area (Å²) in [4.78, 5) is 18.9. The van der Waals surface area contributed by atoms with Gasteiger partial charge in [-0.15, -0.1) is 22.7 Å². The van der Waals surface area contributed by atoms with Crippen LogP contribution in [-0.2, 0) is 21.2 Å². The van der Waals surface area contributed by atoms with Crippen molar-refractivity contribution in [3.63, 3.8) is 0 Å². The minimum Gasteiger partial charge on any atom is -0.355 e. The predicted octanol–water partition coefficient (Wildman–Crippen LogP) is 3.03. The van der Waals surface area contributed by atoms with Crippen molar-refractivity contribution >= 4 is 38.6 Å². The smallest absolute Gasteiger partial charge is 0.243 e. The average Bonchev–Trinajstić information content (AvgIpc) is 3.37. The van der Waals surface area contributed by atoms with Gasteiger partial charge in [-0.05, 0) is 49.7 Å². The summed E-state index contributed by atoms with van der Waals surface area (Å²) in [6.07, 6.45) is 0.658. The maximum atomic E-state index is 12.6. The zero-order chi connectivity index (χ0) is 21.7. The zero-order valence-corrected chi connectivity index (χ0v) is 18.9. The number of carbonyl (C=O) groups is 1. The molecule has 0 aliphatic heterocycles. The highest BCUT2D eigenvalue weighted by atomic mass is 32.2. The van der Waals surface area contributed by atoms with Gasteiger partial charge < -0.3 is 5.32 Å². The van der Waals surface area contributed by atoms with Gasteiger partial charge in [0.05, 0.1) is 38.7 Å². The van der Waals surface area contributed by atoms with E-state index in [2.05, 4.69) is 10.3 Å². The molecule has 3 rings (SSSR count). The summed E-state index contributed by atoms with van der Waals surface area (Å²) in [6.45, 7) is 2.10. The number of benzene rings is 1. The van der Waals surface area contributed by atoms with E-state index in [0.717, 1.165) is 24.8 Å². The van der Waals surface area contributed by atoms with E-state index in [9.17, 15) is 13.2 Å². The average molecular weight is 461 g/mol. The molecule has 0 unspecified atom stereocenters. The number of nitriles is 1. The van der Waals surface area contributed by atoms with Crippen LogP contribution in [0.15, 0.2) is 46.7 Å². The van der Waals surface area contributed by atoms with Gasteiger partial charge in [0.1, 0.15) is 0 Å². The zero-order valence-electron chi connectivity index (χ0n) is 16.5. The third kappa shape index (κ3) is 5.31. The van der Waals surface area contributed by atoms with Gasteiger partial charge in [0.25, 0.3) is 0 Å². The summed E-state index contributed by atoms with van der Waals surface area (Å²) < 4.78 is 26.1. The lowest BCUT2D eigenvalue weighted by Gasteiger charge is -2.16. The number of nitrogens with one attached hydrogen (secondary N) is 1. The fraction of sp³-hybridized carbons (Fsp3) is 0.250. The Balaban J connectivity index is 1.50. The van der Waals surface area contributed by atoms with E-state index < -0.39 is 10.0 Å². The molecule has 0 saturated carbocycles. The number of amides is 1. The SMILES string of the molecule is Cc1nc(-c2ccc(CCNC(=O)CN(C)S(=O)(=O)c3ccc(C#N)cc3)s2)cs1. The topological polar surface area (TPSA) is 103 Å². The maximum Gasteiger partial charge on any atom is 0.243 e. The van der Waals surface area contributed by atoms with Crippen molar-refractivity contribution in [2.24, 2.45) is 0 Å². The molecule has 7 nitrogen and oxygen atoms in total. The van der Waals surface area contributed by atoms with Gasteiger partial charge in [-0.2, -0.15) is 9.57 Å². The Morgan fingerprint density at radius 1 is 1.23 bits per heavy atom. The summed E-state index contributed by atoms with van der Waals surface area (Å²) in [6, 6.07) is 11.6. The van der Waals surface area contributed by atoms with Crippen LogP contribution >= 0.6 is 22.7 Å². The Labute approximate surface area is 183 Å². The van der Waals surface area contributed by atoms with Crippen molar-refractivity contribution < 1.29 is 13.2 Å². The van der Waals surface area contributed by atoms with Crippen LogP contribution in [0.25, 0.3) is 10.6 Å². The third-order valence-corrected chi connectivity index (χ3v) is 8.04. The van der Waals surface area contributed by atoms with E-state index in [1.807, 2.05) is 30.5 Å². The fourth-order valence-corrected chi connectivity index (χ4v) is 5.46. The van der Waals surface area contributed by atoms with Crippen LogP contribution in [0.1, 0.15) is 15.4 Å². The van der Waals surface area contributed by atoms with Gasteiger partial charge in [-0.25, -0.2) is 13.4 Å². The van der Waals surface area contributed by atoms with E-state index in [1.165, 1.54) is 31.3 Å². The van der Waals surface area contributed by atoms with E-state index in [-0.39, 0.29) is 17.3 Å². The second kappa shape index (κ2) is 9.49. The lowest BCUT2D eigenvalue weighted by atomic mass is 10.2. The molecule has 0 aliphatic carbocycles. The van der Waals surface area contributed by atoms with Crippen LogP contribution in [0.2, 0.25) is 0 Å². The van der Waals surface area contributed by atoms with Crippen molar-refractivity contribution in [2.75, 3.05) is 20.1 Å². The van der Waals surface area contributed by atoms with Gasteiger partial charge >= 0.3 is 0 Å². The number of likely N-dealkylation sites (N-methyl/N-ethyl adjacent to an activating group) is 1. The Morgan fingerprint density at radius 3 is 2.60 bits per heavy atom. The molecule has 0 bridgehead atoms. The maximum absolute atomic E-state index is 12.6. The van der Waals surface area contributed by atoms with Crippen LogP contribution in [0.3, 0.4) is 0 Å². The summed E-state index contributed by atoms with van der Waals surface area (Å²) in [7, 11) is -2.45. The monoisotopic (exact) mass is 460 g/mol. The standard InChI is InChI=1S/C20H20N4O3S3/c1-14-23-18(13-28-14)19-8-5-16(29-19)9-10-22-20(25)12-24(2)30(26,27)17-6-3-15(11-21)4-7-17/h3-8,13H,9-10,12H2,1-2H3,(H,22,25). The van der Waals surface area contributed by atoms with Gasteiger partial charge in [0.15, 0.2) is 0 Å². The van der Waals surface area contributed by atoms with Crippen molar-refractivity contribution in [1.29, 1.82) is 5.26 Å². The molecule has 1 amide bonds. The lowest BCUT2D eigenvalue weighted by Crippen LogP contribution is -2.38. The molecule has 1 N–H and O–H groups in total. The molecule has 0 atom stereocenters. The Hall–Kier alpha value is -2.58. The Kier molecular flexibility index (Phi) is 6.99. The first kappa shape index (κ1) is 22.1. The van der Waals surface area contributed by atoms with Crippen LogP contribution in [0.4, 0.5) is 0 Å².